The van der Waals surface area contributed by atoms with Gasteiger partial charge in [-0.2, -0.15) is 0 Å². The smallest absolute Gasteiger partial charge is 0.402 e. The predicted molar refractivity (Wildman–Crippen MR) is 214 cm³/mol. The van der Waals surface area contributed by atoms with E-state index in [1.54, 1.807) is 0 Å². The Morgan fingerprint density at radius 2 is 1.25 bits per heavy atom. The Labute approximate surface area is 366 Å². The van der Waals surface area contributed by atoms with E-state index in [9.17, 15) is 76.3 Å². The second-order valence-corrected chi connectivity index (χ2v) is 15.5. The Morgan fingerprint density at radius 3 is 1.88 bits per heavy atom. The van der Waals surface area contributed by atoms with Crippen LogP contribution >= 0.6 is 0 Å². The van der Waals surface area contributed by atoms with Crippen molar-refractivity contribution in [3.05, 3.63) is 66.2 Å². The minimum absolute atomic E-state index is 0.0194. The normalized spacial score (nSPS) is 32.9. The summed E-state index contributed by atoms with van der Waals surface area (Å²) in [6, 6.07) is 11.1. The number of hydrogen-bond donors (Lipinski definition) is 14. The second kappa shape index (κ2) is 19.4. The molecule has 0 radical (unpaired) electrons. The SMILES string of the molecule is CC1O[C@@H](OCC2O[C@@H](Oc3cc4c(O[C@@H]5OC(CO)[C@@H](O)[C@H](O)C5O)cc(O)cc4[o+]c3-c3cc(O)c(O)c(O)c3)C(O)C(O)[C@@H]2O)C(O)[C@@H](O)[C@H]1OC(=O)/C=C/c1ccc(O)cc1. The molecular formula is C42H47O23+. The maximum atomic E-state index is 12.6. The lowest BCUT2D eigenvalue weighted by Gasteiger charge is -2.42. The molecule has 1 aromatic heterocycles. The third kappa shape index (κ3) is 9.97. The third-order valence-electron chi connectivity index (χ3n) is 10.9. The summed E-state index contributed by atoms with van der Waals surface area (Å²) in [6.07, 6.45) is -23.3. The fourth-order valence-corrected chi connectivity index (χ4v) is 7.28. The van der Waals surface area contributed by atoms with Crippen LogP contribution in [0.25, 0.3) is 28.4 Å². The van der Waals surface area contributed by atoms with E-state index >= 15 is 0 Å². The van der Waals surface area contributed by atoms with Gasteiger partial charge in [-0.25, -0.2) is 9.21 Å². The first-order valence-electron chi connectivity index (χ1n) is 19.9. The number of benzene rings is 3. The molecule has 352 valence electrons. The van der Waals surface area contributed by atoms with Crippen LogP contribution in [0.1, 0.15) is 12.5 Å². The number of carbonyl (C=O) groups excluding carboxylic acids is 1. The van der Waals surface area contributed by atoms with Crippen LogP contribution in [0.3, 0.4) is 0 Å². The van der Waals surface area contributed by atoms with Crippen molar-refractivity contribution in [2.75, 3.05) is 13.2 Å². The summed E-state index contributed by atoms with van der Waals surface area (Å²) >= 11 is 0. The van der Waals surface area contributed by atoms with Gasteiger partial charge in [0.05, 0.1) is 30.9 Å². The van der Waals surface area contributed by atoms with Crippen LogP contribution in [-0.4, -0.2) is 183 Å². The highest BCUT2D eigenvalue weighted by Crippen LogP contribution is 2.45. The first kappa shape index (κ1) is 47.3. The maximum Gasteiger partial charge on any atom is 0.402 e. The minimum atomic E-state index is -2.03. The number of hydrogen-bond acceptors (Lipinski definition) is 22. The third-order valence-corrected chi connectivity index (χ3v) is 10.9. The van der Waals surface area contributed by atoms with Crippen molar-refractivity contribution in [1.82, 2.24) is 0 Å². The Morgan fingerprint density at radius 1 is 0.662 bits per heavy atom. The highest BCUT2D eigenvalue weighted by molar-refractivity contribution is 5.89. The molecule has 0 bridgehead atoms. The molecule has 3 aromatic carbocycles. The quantitative estimate of drug-likeness (QED) is 0.0329. The van der Waals surface area contributed by atoms with Gasteiger partial charge in [-0.05, 0) is 30.7 Å². The van der Waals surface area contributed by atoms with Crippen molar-refractivity contribution >= 4 is 23.0 Å². The van der Waals surface area contributed by atoms with Crippen molar-refractivity contribution < 1.29 is 114 Å². The van der Waals surface area contributed by atoms with Crippen molar-refractivity contribution in [2.45, 2.75) is 99.0 Å². The number of carbonyl (C=O) groups is 1. The highest BCUT2D eigenvalue weighted by Gasteiger charge is 2.50. The average molecular weight is 920 g/mol. The van der Waals surface area contributed by atoms with E-state index in [-0.39, 0.29) is 33.8 Å². The number of esters is 1. The van der Waals surface area contributed by atoms with Crippen LogP contribution in [0.15, 0.2) is 65.1 Å². The second-order valence-electron chi connectivity index (χ2n) is 15.5. The number of phenolic OH excluding ortho intramolecular Hbond substituents is 5. The average Bonchev–Trinajstić information content (AvgIpc) is 3.27. The van der Waals surface area contributed by atoms with Crippen LogP contribution < -0.4 is 9.47 Å². The van der Waals surface area contributed by atoms with Gasteiger partial charge in [0.2, 0.25) is 18.3 Å². The number of aromatic hydroxyl groups is 5. The predicted octanol–water partition coefficient (Wildman–Crippen LogP) is -1.62. The van der Waals surface area contributed by atoms with Gasteiger partial charge in [-0.1, -0.05) is 12.1 Å². The molecule has 0 saturated carbocycles. The Kier molecular flexibility index (Phi) is 14.2. The van der Waals surface area contributed by atoms with Crippen LogP contribution in [0, 0.1) is 0 Å². The van der Waals surface area contributed by atoms with Gasteiger partial charge in [-0.3, -0.25) is 0 Å². The van der Waals surface area contributed by atoms with Crippen LogP contribution in [-0.2, 0) is 28.5 Å². The summed E-state index contributed by atoms with van der Waals surface area (Å²) in [4.78, 5) is 12.6. The number of aliphatic hydroxyl groups is 9. The lowest BCUT2D eigenvalue weighted by atomic mass is 9.98. The number of fused-ring (bicyclic) bond motifs is 1. The van der Waals surface area contributed by atoms with Crippen molar-refractivity contribution in [2.24, 2.45) is 0 Å². The molecule has 15 atom stereocenters. The summed E-state index contributed by atoms with van der Waals surface area (Å²) in [5, 5.41) is 146. The van der Waals surface area contributed by atoms with Crippen molar-refractivity contribution in [1.29, 1.82) is 0 Å². The van der Waals surface area contributed by atoms with Crippen LogP contribution in [0.5, 0.6) is 40.2 Å². The zero-order valence-corrected chi connectivity index (χ0v) is 33.9. The molecule has 4 heterocycles. The first-order chi connectivity index (χ1) is 30.8. The van der Waals surface area contributed by atoms with Gasteiger partial charge < -0.3 is 105 Å². The topological polar surface area (TPSA) is 376 Å². The van der Waals surface area contributed by atoms with E-state index < -0.39 is 140 Å². The molecule has 0 aliphatic carbocycles. The summed E-state index contributed by atoms with van der Waals surface area (Å²) in [6.45, 7) is -0.0677. The lowest BCUT2D eigenvalue weighted by molar-refractivity contribution is -0.319. The monoisotopic (exact) mass is 919 g/mol. The number of aliphatic hydroxyl groups excluding tert-OH is 9. The summed E-state index contributed by atoms with van der Waals surface area (Å²) in [7, 11) is 0. The fraction of sp³-hybridized carbons (Fsp3) is 0.429. The number of ether oxygens (including phenoxy) is 7. The molecule has 3 fully saturated rings. The van der Waals surface area contributed by atoms with Gasteiger partial charge >= 0.3 is 17.3 Å². The van der Waals surface area contributed by atoms with Crippen molar-refractivity contribution in [3.63, 3.8) is 0 Å². The van der Waals surface area contributed by atoms with E-state index in [2.05, 4.69) is 0 Å². The van der Waals surface area contributed by atoms with Gasteiger partial charge in [0, 0.05) is 30.3 Å². The molecule has 23 nitrogen and oxygen atoms in total. The Bertz CT molecular complexity index is 2320. The molecule has 0 spiro atoms. The Balaban J connectivity index is 1.12. The minimum Gasteiger partial charge on any atom is -0.508 e. The summed E-state index contributed by atoms with van der Waals surface area (Å²) in [5.41, 5.74) is 0.157. The van der Waals surface area contributed by atoms with E-state index in [0.29, 0.717) is 5.56 Å². The van der Waals surface area contributed by atoms with E-state index in [1.165, 1.54) is 37.3 Å². The van der Waals surface area contributed by atoms with Gasteiger partial charge in [-0.15, -0.1) is 0 Å². The molecule has 3 aliphatic rings. The number of phenols is 5. The lowest BCUT2D eigenvalue weighted by Crippen LogP contribution is -2.62. The fourth-order valence-electron chi connectivity index (χ4n) is 7.28. The van der Waals surface area contributed by atoms with E-state index in [1.807, 2.05) is 0 Å². The first-order valence-corrected chi connectivity index (χ1v) is 19.9. The zero-order chi connectivity index (χ0) is 47.0. The molecule has 7 rings (SSSR count). The van der Waals surface area contributed by atoms with Crippen LogP contribution in [0.2, 0.25) is 0 Å². The van der Waals surface area contributed by atoms with Gasteiger partial charge in [0.25, 0.3) is 0 Å². The summed E-state index contributed by atoms with van der Waals surface area (Å²) < 4.78 is 45.8. The van der Waals surface area contributed by atoms with Gasteiger partial charge in [0.15, 0.2) is 29.6 Å². The molecule has 3 saturated heterocycles. The molecule has 14 N–H and O–H groups in total. The molecule has 0 amide bonds. The molecule has 7 unspecified atom stereocenters. The van der Waals surface area contributed by atoms with Gasteiger partial charge in [0.1, 0.15) is 83.7 Å². The molecule has 65 heavy (non-hydrogen) atoms. The summed E-state index contributed by atoms with van der Waals surface area (Å²) in [5.74, 6) is -5.06. The van der Waals surface area contributed by atoms with Crippen molar-refractivity contribution in [3.8, 4) is 51.6 Å². The van der Waals surface area contributed by atoms with E-state index in [4.69, 9.17) is 37.6 Å². The molecule has 3 aliphatic heterocycles. The standard InChI is InChI=1S/C42H46O23/c1-15-38(65-28(48)7-4-16-2-5-18(44)6-3-16)34(54)37(57)40(59-15)58-14-27-31(51)33(53)36(56)42(64-27)62-25-12-20-23(60-39(25)17-8-21(46)29(49)22(47)9-17)10-19(45)11-24(20)61-41-35(55)32(52)30(50)26(13-43)63-41/h2-12,15,26-27,30-38,40-43,50-57H,13-14H2,1H3,(H4-,44,45,46,47,48,49)/p+1/t15?,26?,27?,30-,31-,32+,33?,34-,35?,36?,37?,38+,40-,41-,42-/m1/s1. The van der Waals surface area contributed by atoms with E-state index in [0.717, 1.165) is 36.4 Å². The highest BCUT2D eigenvalue weighted by atomic mass is 16.7. The largest absolute Gasteiger partial charge is 0.508 e. The van der Waals surface area contributed by atoms with Crippen LogP contribution in [0.4, 0.5) is 0 Å². The molecule has 23 heteroatoms. The maximum absolute atomic E-state index is 12.6. The molecule has 4 aromatic rings. The number of rotatable bonds is 12. The Hall–Kier alpha value is -5.64. The molecular weight excluding hydrogens is 872 g/mol. The zero-order valence-electron chi connectivity index (χ0n) is 33.9.